The highest BCUT2D eigenvalue weighted by atomic mass is 32.2. The van der Waals surface area contributed by atoms with E-state index < -0.39 is 61.8 Å². The minimum atomic E-state index is -3.52. The third kappa shape index (κ3) is 8.51. The number of carbonyl (C=O) groups is 3. The summed E-state index contributed by atoms with van der Waals surface area (Å²) in [7, 11) is -3.52. The SMILES string of the molecule is CC(O)[C@H]1C(=O)N2C(C(=O)OCc3ccc([N+](=O)[O-])cc3)=C(S[C@H]3C[C@@H](CNN=CS(C)(=O)=O)N(C(=O)OCc4ccc([N+](=O)[O-])cc4)C3)[C@H](C)[C@H]12. The standard InChI is InChI=1S/C32H36N6O12S2/c1-18-27-26(19(2)39)30(40)36(27)28(31(41)49-15-20-4-8-22(9-5-20)37(43)44)29(18)51-25-12-24(13-33-34-17-52(3,47)48)35(14-25)32(42)50-16-21-6-10-23(11-7-21)38(45)46/h4-11,17-19,24-27,33,39H,12-16H2,1-3H3/t18-,19?,24+,25+,26-,27-/m1/s1. The predicted octanol–water partition coefficient (Wildman–Crippen LogP) is 2.71. The summed E-state index contributed by atoms with van der Waals surface area (Å²) in [6, 6.07) is 9.93. The highest BCUT2D eigenvalue weighted by molar-refractivity contribution is 8.04. The molecular weight excluding hydrogens is 725 g/mol. The monoisotopic (exact) mass is 760 g/mol. The molecule has 20 heteroatoms. The summed E-state index contributed by atoms with van der Waals surface area (Å²) in [5, 5.41) is 35.8. The molecule has 0 saturated carbocycles. The Kier molecular flexibility index (Phi) is 11.5. The van der Waals surface area contributed by atoms with Gasteiger partial charge in [0.2, 0.25) is 5.91 Å². The fourth-order valence-corrected chi connectivity index (χ4v) is 8.22. The van der Waals surface area contributed by atoms with Crippen LogP contribution in [0, 0.1) is 32.1 Å². The van der Waals surface area contributed by atoms with Gasteiger partial charge in [-0.05, 0) is 48.7 Å². The molecule has 0 bridgehead atoms. The highest BCUT2D eigenvalue weighted by Crippen LogP contribution is 2.52. The Morgan fingerprint density at radius 2 is 1.62 bits per heavy atom. The first kappa shape index (κ1) is 38.2. The lowest BCUT2D eigenvalue weighted by Gasteiger charge is -2.46. The summed E-state index contributed by atoms with van der Waals surface area (Å²) in [6.07, 6.45) is -0.361. The molecule has 3 aliphatic heterocycles. The number of sulfone groups is 1. The number of carbonyl (C=O) groups excluding carboxylic acids is 3. The van der Waals surface area contributed by atoms with Gasteiger partial charge in [-0.3, -0.25) is 25.0 Å². The number of rotatable bonds is 14. The van der Waals surface area contributed by atoms with E-state index in [2.05, 4.69) is 10.5 Å². The number of nitrogens with zero attached hydrogens (tertiary/aromatic N) is 5. The molecule has 1 unspecified atom stereocenters. The molecule has 6 atom stereocenters. The zero-order valence-electron chi connectivity index (χ0n) is 28.2. The number of hydrazone groups is 1. The maximum Gasteiger partial charge on any atom is 0.410 e. The molecule has 2 aromatic carbocycles. The molecule has 0 aliphatic carbocycles. The van der Waals surface area contributed by atoms with Gasteiger partial charge in [0, 0.05) is 53.1 Å². The second-order valence-electron chi connectivity index (χ2n) is 12.7. The number of hydrogen-bond donors (Lipinski definition) is 2. The lowest BCUT2D eigenvalue weighted by Crippen LogP contribution is -2.63. The molecule has 2 aromatic rings. The largest absolute Gasteiger partial charge is 0.456 e. The van der Waals surface area contributed by atoms with Crippen LogP contribution in [0.25, 0.3) is 0 Å². The number of benzene rings is 2. The fraction of sp³-hybridized carbons (Fsp3) is 0.438. The minimum Gasteiger partial charge on any atom is -0.456 e. The van der Waals surface area contributed by atoms with Crippen molar-refractivity contribution in [3.63, 3.8) is 0 Å². The van der Waals surface area contributed by atoms with Gasteiger partial charge in [-0.15, -0.1) is 11.8 Å². The Balaban J connectivity index is 1.35. The number of non-ortho nitro benzene ring substituents is 2. The number of esters is 1. The van der Waals surface area contributed by atoms with Crippen molar-refractivity contribution in [2.24, 2.45) is 16.9 Å². The van der Waals surface area contributed by atoms with E-state index in [1.54, 1.807) is 0 Å². The molecule has 0 radical (unpaired) electrons. The van der Waals surface area contributed by atoms with Gasteiger partial charge in [0.05, 0.1) is 40.5 Å². The van der Waals surface area contributed by atoms with Crippen molar-refractivity contribution in [1.29, 1.82) is 0 Å². The first-order valence-electron chi connectivity index (χ1n) is 16.0. The van der Waals surface area contributed by atoms with Crippen molar-refractivity contribution in [3.8, 4) is 0 Å². The number of nitrogens with one attached hydrogen (secondary N) is 1. The zero-order chi connectivity index (χ0) is 37.9. The number of β-lactam (4-membered cyclic amide) rings is 1. The van der Waals surface area contributed by atoms with Crippen LogP contribution in [0.2, 0.25) is 0 Å². The van der Waals surface area contributed by atoms with Crippen molar-refractivity contribution in [2.75, 3.05) is 19.3 Å². The van der Waals surface area contributed by atoms with E-state index in [-0.39, 0.29) is 54.5 Å². The van der Waals surface area contributed by atoms with Crippen LogP contribution in [0.5, 0.6) is 0 Å². The van der Waals surface area contributed by atoms with Gasteiger partial charge in [0.15, 0.2) is 9.84 Å². The van der Waals surface area contributed by atoms with Crippen LogP contribution in [0.15, 0.2) is 64.2 Å². The molecule has 278 valence electrons. The van der Waals surface area contributed by atoms with Crippen molar-refractivity contribution in [2.45, 2.75) is 56.9 Å². The van der Waals surface area contributed by atoms with Gasteiger partial charge in [-0.25, -0.2) is 18.0 Å². The molecule has 2 fully saturated rings. The number of ether oxygens (including phenoxy) is 2. The van der Waals surface area contributed by atoms with Crippen LogP contribution in [0.1, 0.15) is 31.4 Å². The number of likely N-dealkylation sites (tertiary alicyclic amines) is 1. The second kappa shape index (κ2) is 15.7. The third-order valence-electron chi connectivity index (χ3n) is 8.90. The Labute approximate surface area is 302 Å². The lowest BCUT2D eigenvalue weighted by atomic mass is 9.79. The molecule has 18 nitrogen and oxygen atoms in total. The topological polar surface area (TPSA) is 241 Å². The minimum absolute atomic E-state index is 0.0259. The predicted molar refractivity (Wildman–Crippen MR) is 186 cm³/mol. The van der Waals surface area contributed by atoms with E-state index in [1.807, 2.05) is 6.92 Å². The average Bonchev–Trinajstić information content (AvgIpc) is 3.60. The van der Waals surface area contributed by atoms with E-state index in [0.717, 1.165) is 11.8 Å². The van der Waals surface area contributed by atoms with Crippen molar-refractivity contribution in [1.82, 2.24) is 15.2 Å². The summed E-state index contributed by atoms with van der Waals surface area (Å²) in [5.74, 6) is -2.36. The zero-order valence-corrected chi connectivity index (χ0v) is 29.8. The van der Waals surface area contributed by atoms with E-state index in [9.17, 15) is 48.1 Å². The first-order valence-corrected chi connectivity index (χ1v) is 18.8. The van der Waals surface area contributed by atoms with Gasteiger partial charge in [0.25, 0.3) is 11.4 Å². The maximum absolute atomic E-state index is 13.7. The van der Waals surface area contributed by atoms with E-state index in [4.69, 9.17) is 9.47 Å². The van der Waals surface area contributed by atoms with Crippen LogP contribution in [-0.4, -0.2) is 99.5 Å². The summed E-state index contributed by atoms with van der Waals surface area (Å²) < 4.78 is 34.2. The van der Waals surface area contributed by atoms with Gasteiger partial charge >= 0.3 is 12.1 Å². The molecule has 52 heavy (non-hydrogen) atoms. The molecule has 0 aromatic heterocycles. The summed E-state index contributed by atoms with van der Waals surface area (Å²) in [4.78, 5) is 64.5. The number of nitro groups is 2. The molecule has 2 amide bonds. The van der Waals surface area contributed by atoms with E-state index in [0.29, 0.717) is 22.5 Å². The summed E-state index contributed by atoms with van der Waals surface area (Å²) in [6.45, 7) is 3.12. The van der Waals surface area contributed by atoms with Crippen LogP contribution in [0.4, 0.5) is 16.2 Å². The van der Waals surface area contributed by atoms with Gasteiger partial charge < -0.3 is 29.8 Å². The highest BCUT2D eigenvalue weighted by Gasteiger charge is 2.60. The Morgan fingerprint density at radius 1 is 1.06 bits per heavy atom. The molecule has 2 saturated heterocycles. The molecule has 0 spiro atoms. The molecule has 2 N–H and O–H groups in total. The number of fused-ring (bicyclic) bond motifs is 1. The molecular formula is C32H36N6O12S2. The van der Waals surface area contributed by atoms with Crippen molar-refractivity contribution < 1.29 is 47.2 Å². The smallest absolute Gasteiger partial charge is 0.410 e. The number of aliphatic hydroxyl groups is 1. The molecule has 3 aliphatic rings. The Bertz CT molecular complexity index is 1900. The van der Waals surface area contributed by atoms with Gasteiger partial charge in [-0.2, -0.15) is 5.10 Å². The second-order valence-corrected chi connectivity index (χ2v) is 15.9. The number of hydrogen-bond acceptors (Lipinski definition) is 15. The maximum atomic E-state index is 13.7. The number of amides is 2. The normalized spacial score (nSPS) is 23.3. The average molecular weight is 761 g/mol. The number of aliphatic hydroxyl groups excluding tert-OH is 1. The lowest BCUT2D eigenvalue weighted by molar-refractivity contribution is -0.385. The molecule has 3 heterocycles. The van der Waals surface area contributed by atoms with E-state index >= 15 is 0 Å². The molecule has 5 rings (SSSR count). The number of thioether (sulfide) groups is 1. The van der Waals surface area contributed by atoms with Gasteiger partial charge in [-0.1, -0.05) is 6.92 Å². The number of nitro benzene ring substituents is 2. The Hall–Kier alpha value is -5.08. The van der Waals surface area contributed by atoms with Crippen LogP contribution in [-0.2, 0) is 42.1 Å². The Morgan fingerprint density at radius 3 is 2.13 bits per heavy atom. The summed E-state index contributed by atoms with van der Waals surface area (Å²) in [5.41, 5.74) is 4.18. The van der Waals surface area contributed by atoms with E-state index in [1.165, 1.54) is 77.0 Å². The van der Waals surface area contributed by atoms with Crippen LogP contribution >= 0.6 is 11.8 Å². The van der Waals surface area contributed by atoms with Crippen molar-refractivity contribution >= 4 is 56.5 Å². The van der Waals surface area contributed by atoms with Crippen molar-refractivity contribution in [3.05, 3.63) is 90.5 Å². The third-order valence-corrected chi connectivity index (χ3v) is 10.9. The van der Waals surface area contributed by atoms with Crippen LogP contribution < -0.4 is 5.43 Å². The summed E-state index contributed by atoms with van der Waals surface area (Å²) >= 11 is 1.29. The fourth-order valence-electron chi connectivity index (χ4n) is 6.39. The first-order chi connectivity index (χ1) is 24.6. The van der Waals surface area contributed by atoms with Gasteiger partial charge in [0.1, 0.15) is 24.5 Å². The quantitative estimate of drug-likeness (QED) is 0.0703. The van der Waals surface area contributed by atoms with Crippen LogP contribution in [0.3, 0.4) is 0 Å².